The Bertz CT molecular complexity index is 431. The molecule has 0 aliphatic rings. The van der Waals surface area contributed by atoms with Crippen LogP contribution in [0.1, 0.15) is 18.1 Å². The molecule has 74 valence electrons. The van der Waals surface area contributed by atoms with Crippen molar-refractivity contribution in [3.05, 3.63) is 35.5 Å². The van der Waals surface area contributed by atoms with Crippen molar-refractivity contribution in [2.45, 2.75) is 19.8 Å². The van der Waals surface area contributed by atoms with E-state index < -0.39 is 0 Å². The number of H-pyrrole nitrogens is 1. The zero-order valence-electron chi connectivity index (χ0n) is 8.31. The first kappa shape index (κ1) is 9.78. The van der Waals surface area contributed by atoms with E-state index in [4.69, 9.17) is 0 Å². The Morgan fingerprint density at radius 3 is 2.86 bits per heavy atom. The number of aryl methyl sites for hydroxylation is 2. The van der Waals surface area contributed by atoms with Crippen LogP contribution in [0.25, 0.3) is 10.9 Å². The van der Waals surface area contributed by atoms with E-state index in [1.807, 2.05) is 0 Å². The first-order valence-corrected chi connectivity index (χ1v) is 6.12. The van der Waals surface area contributed by atoms with Crippen LogP contribution in [0, 0.1) is 0 Å². The van der Waals surface area contributed by atoms with Gasteiger partial charge < -0.3 is 4.98 Å². The number of hydrogen-bond donors (Lipinski definition) is 1. The van der Waals surface area contributed by atoms with Crippen LogP contribution in [0.15, 0.2) is 24.4 Å². The smallest absolute Gasteiger partial charge is 0.0489 e. The van der Waals surface area contributed by atoms with Crippen LogP contribution in [0.2, 0.25) is 0 Å². The third-order valence-electron chi connectivity index (χ3n) is 2.63. The number of alkyl halides is 1. The molecule has 0 spiro atoms. The van der Waals surface area contributed by atoms with E-state index in [0.717, 1.165) is 18.2 Å². The molecule has 0 amide bonds. The highest BCUT2D eigenvalue weighted by Crippen LogP contribution is 2.22. The van der Waals surface area contributed by atoms with Gasteiger partial charge in [-0.1, -0.05) is 41.1 Å². The Balaban J connectivity index is 2.57. The SMILES string of the molecule is CCc1cccc2c(CCBr)c[nH]c12. The van der Waals surface area contributed by atoms with Gasteiger partial charge in [-0.25, -0.2) is 0 Å². The molecule has 0 radical (unpaired) electrons. The van der Waals surface area contributed by atoms with E-state index in [0.29, 0.717) is 0 Å². The minimum atomic E-state index is 1.02. The predicted octanol–water partition coefficient (Wildman–Crippen LogP) is 3.67. The van der Waals surface area contributed by atoms with Gasteiger partial charge in [-0.3, -0.25) is 0 Å². The van der Waals surface area contributed by atoms with Crippen molar-refractivity contribution in [1.82, 2.24) is 4.98 Å². The van der Waals surface area contributed by atoms with Gasteiger partial charge in [0.2, 0.25) is 0 Å². The summed E-state index contributed by atoms with van der Waals surface area (Å²) in [7, 11) is 0. The molecule has 0 atom stereocenters. The molecule has 2 aromatic rings. The van der Waals surface area contributed by atoms with Crippen molar-refractivity contribution >= 4 is 26.8 Å². The third kappa shape index (κ3) is 1.59. The molecule has 1 aromatic carbocycles. The van der Waals surface area contributed by atoms with Crippen LogP contribution in [-0.4, -0.2) is 10.3 Å². The molecule has 2 heteroatoms. The van der Waals surface area contributed by atoms with Crippen molar-refractivity contribution in [3.8, 4) is 0 Å². The van der Waals surface area contributed by atoms with Gasteiger partial charge in [-0.15, -0.1) is 0 Å². The Labute approximate surface area is 92.6 Å². The van der Waals surface area contributed by atoms with Gasteiger partial charge >= 0.3 is 0 Å². The summed E-state index contributed by atoms with van der Waals surface area (Å²) in [4.78, 5) is 3.37. The van der Waals surface area contributed by atoms with E-state index in [2.05, 4.69) is 52.2 Å². The van der Waals surface area contributed by atoms with Crippen molar-refractivity contribution in [2.75, 3.05) is 5.33 Å². The molecule has 1 aromatic heterocycles. The van der Waals surface area contributed by atoms with Gasteiger partial charge in [0.1, 0.15) is 0 Å². The quantitative estimate of drug-likeness (QED) is 0.802. The highest BCUT2D eigenvalue weighted by molar-refractivity contribution is 9.09. The second-order valence-electron chi connectivity index (χ2n) is 3.45. The largest absolute Gasteiger partial charge is 0.361 e. The van der Waals surface area contributed by atoms with Crippen molar-refractivity contribution in [1.29, 1.82) is 0 Å². The highest BCUT2D eigenvalue weighted by atomic mass is 79.9. The second kappa shape index (κ2) is 4.18. The standard InChI is InChI=1S/C12H14BrN/c1-2-9-4-3-5-11-10(6-7-13)8-14-12(9)11/h3-5,8,14H,2,6-7H2,1H3. The first-order chi connectivity index (χ1) is 6.86. The molecule has 0 fully saturated rings. The molecule has 0 aliphatic heterocycles. The summed E-state index contributed by atoms with van der Waals surface area (Å²) in [6, 6.07) is 6.53. The third-order valence-corrected chi connectivity index (χ3v) is 3.03. The average Bonchev–Trinajstić information content (AvgIpc) is 2.62. The summed E-state index contributed by atoms with van der Waals surface area (Å²) < 4.78 is 0. The number of halogens is 1. The molecular weight excluding hydrogens is 238 g/mol. The fourth-order valence-corrected chi connectivity index (χ4v) is 2.31. The fourth-order valence-electron chi connectivity index (χ4n) is 1.88. The molecule has 2 rings (SSSR count). The highest BCUT2D eigenvalue weighted by Gasteiger charge is 2.04. The average molecular weight is 252 g/mol. The number of fused-ring (bicyclic) bond motifs is 1. The summed E-state index contributed by atoms with van der Waals surface area (Å²) in [5.41, 5.74) is 4.13. The minimum Gasteiger partial charge on any atom is -0.361 e. The van der Waals surface area contributed by atoms with Gasteiger partial charge in [0, 0.05) is 22.4 Å². The lowest BCUT2D eigenvalue weighted by molar-refractivity contribution is 1.15. The Hall–Kier alpha value is -0.760. The number of para-hydroxylation sites is 1. The summed E-state index contributed by atoms with van der Waals surface area (Å²) in [5, 5.41) is 2.40. The van der Waals surface area contributed by atoms with Crippen molar-refractivity contribution in [2.24, 2.45) is 0 Å². The zero-order chi connectivity index (χ0) is 9.97. The molecule has 0 saturated heterocycles. The fraction of sp³-hybridized carbons (Fsp3) is 0.333. The van der Waals surface area contributed by atoms with Gasteiger partial charge in [0.15, 0.2) is 0 Å². The monoisotopic (exact) mass is 251 g/mol. The molecule has 0 saturated carbocycles. The maximum atomic E-state index is 3.48. The lowest BCUT2D eigenvalue weighted by atomic mass is 10.1. The number of benzene rings is 1. The van der Waals surface area contributed by atoms with Crippen LogP contribution in [0.4, 0.5) is 0 Å². The summed E-state index contributed by atoms with van der Waals surface area (Å²) in [6.45, 7) is 2.19. The molecule has 1 heterocycles. The van der Waals surface area contributed by atoms with Gasteiger partial charge in [-0.05, 0) is 24.0 Å². The number of rotatable bonds is 3. The van der Waals surface area contributed by atoms with Crippen LogP contribution >= 0.6 is 15.9 Å². The summed E-state index contributed by atoms with van der Waals surface area (Å²) in [6.07, 6.45) is 4.31. The van der Waals surface area contributed by atoms with E-state index >= 15 is 0 Å². The molecule has 14 heavy (non-hydrogen) atoms. The molecular formula is C12H14BrN. The van der Waals surface area contributed by atoms with E-state index in [1.54, 1.807) is 0 Å². The number of aromatic nitrogens is 1. The molecule has 0 bridgehead atoms. The normalized spacial score (nSPS) is 11.0. The number of aromatic amines is 1. The summed E-state index contributed by atoms with van der Waals surface area (Å²) >= 11 is 3.48. The van der Waals surface area contributed by atoms with Gasteiger partial charge in [-0.2, -0.15) is 0 Å². The minimum absolute atomic E-state index is 1.02. The predicted molar refractivity (Wildman–Crippen MR) is 65.2 cm³/mol. The topological polar surface area (TPSA) is 15.8 Å². The second-order valence-corrected chi connectivity index (χ2v) is 4.24. The lowest BCUT2D eigenvalue weighted by Gasteiger charge is -1.99. The van der Waals surface area contributed by atoms with E-state index in [-0.39, 0.29) is 0 Å². The van der Waals surface area contributed by atoms with Crippen LogP contribution < -0.4 is 0 Å². The maximum Gasteiger partial charge on any atom is 0.0489 e. The van der Waals surface area contributed by atoms with E-state index in [1.165, 1.54) is 22.0 Å². The molecule has 0 unspecified atom stereocenters. The number of nitrogens with one attached hydrogen (secondary N) is 1. The van der Waals surface area contributed by atoms with Gasteiger partial charge in [0.25, 0.3) is 0 Å². The maximum absolute atomic E-state index is 3.48. The van der Waals surface area contributed by atoms with Crippen LogP contribution in [-0.2, 0) is 12.8 Å². The van der Waals surface area contributed by atoms with Crippen LogP contribution in [0.3, 0.4) is 0 Å². The zero-order valence-corrected chi connectivity index (χ0v) is 9.89. The van der Waals surface area contributed by atoms with Gasteiger partial charge in [0.05, 0.1) is 0 Å². The summed E-state index contributed by atoms with van der Waals surface area (Å²) in [5.74, 6) is 0. The van der Waals surface area contributed by atoms with Crippen LogP contribution in [0.5, 0.6) is 0 Å². The van der Waals surface area contributed by atoms with Crippen molar-refractivity contribution < 1.29 is 0 Å². The Morgan fingerprint density at radius 2 is 2.14 bits per heavy atom. The molecule has 1 N–H and O–H groups in total. The first-order valence-electron chi connectivity index (χ1n) is 5.00. The van der Waals surface area contributed by atoms with E-state index in [9.17, 15) is 0 Å². The lowest BCUT2D eigenvalue weighted by Crippen LogP contribution is -1.84. The molecule has 0 aliphatic carbocycles. The Morgan fingerprint density at radius 1 is 1.29 bits per heavy atom. The Kier molecular flexibility index (Phi) is 2.92. The van der Waals surface area contributed by atoms with Crippen molar-refractivity contribution in [3.63, 3.8) is 0 Å². The molecule has 1 nitrogen and oxygen atoms in total. The number of hydrogen-bond acceptors (Lipinski definition) is 0.